The Morgan fingerprint density at radius 3 is 2.41 bits per heavy atom. The summed E-state index contributed by atoms with van der Waals surface area (Å²) in [6.07, 6.45) is 3.07. The second-order valence-electron chi connectivity index (χ2n) is 5.59. The quantitative estimate of drug-likeness (QED) is 0.154. The fourth-order valence-corrected chi connectivity index (χ4v) is 2.66. The molecule has 0 radical (unpaired) electrons. The van der Waals surface area contributed by atoms with Crippen molar-refractivity contribution in [3.8, 4) is 0 Å². The topological polar surface area (TPSA) is 84.0 Å². The summed E-state index contributed by atoms with van der Waals surface area (Å²) in [4.78, 5) is 16.7. The summed E-state index contributed by atoms with van der Waals surface area (Å²) in [6.45, 7) is 6.86. The number of unbranched alkanes of at least 4 members (excludes halogenated alkanes) is 1. The second-order valence-corrected chi connectivity index (χ2v) is 6.54. The Kier molecular flexibility index (Phi) is 17.8. The van der Waals surface area contributed by atoms with Gasteiger partial charge in [0.25, 0.3) is 5.91 Å². The average Bonchev–Trinajstić information content (AvgIpc) is 3.19. The predicted octanol–water partition coefficient (Wildman–Crippen LogP) is 2.48. The number of carbonyl (C=O) groups is 1. The lowest BCUT2D eigenvalue weighted by Crippen LogP contribution is -2.40. The molecule has 0 aromatic carbocycles. The number of nitrogens with zero attached hydrogens (tertiary/aromatic N) is 1. The highest BCUT2D eigenvalue weighted by Crippen LogP contribution is 2.07. The lowest BCUT2D eigenvalue weighted by molar-refractivity contribution is 0.0487. The number of rotatable bonds is 14. The molecule has 0 unspecified atom stereocenters. The molecule has 0 aliphatic carbocycles. The molecule has 27 heavy (non-hydrogen) atoms. The van der Waals surface area contributed by atoms with Crippen molar-refractivity contribution in [2.45, 2.75) is 26.2 Å². The van der Waals surface area contributed by atoms with E-state index in [2.05, 4.69) is 27.9 Å². The summed E-state index contributed by atoms with van der Waals surface area (Å²) in [5, 5.41) is 11.2. The Labute approximate surface area is 183 Å². The minimum Gasteiger partial charge on any atom is -0.379 e. The Morgan fingerprint density at radius 1 is 1.04 bits per heavy atom. The van der Waals surface area contributed by atoms with Crippen LogP contribution in [0, 0.1) is 0 Å². The van der Waals surface area contributed by atoms with Gasteiger partial charge in [-0.25, -0.2) is 0 Å². The van der Waals surface area contributed by atoms with Crippen LogP contribution in [0.3, 0.4) is 0 Å². The SMILES string of the molecule is CCCCOCCOCCNC(=NC)NCCCNC(=O)c1cccs1.I. The molecular formula is C18H33IN4O3S. The third kappa shape index (κ3) is 13.8. The number of nitrogens with one attached hydrogen (secondary N) is 3. The van der Waals surface area contributed by atoms with Crippen LogP contribution in [-0.2, 0) is 9.47 Å². The van der Waals surface area contributed by atoms with Gasteiger partial charge >= 0.3 is 0 Å². The summed E-state index contributed by atoms with van der Waals surface area (Å²) in [5.74, 6) is 0.718. The highest BCUT2D eigenvalue weighted by atomic mass is 127. The van der Waals surface area contributed by atoms with E-state index in [-0.39, 0.29) is 29.9 Å². The van der Waals surface area contributed by atoms with Gasteiger partial charge in [0.2, 0.25) is 0 Å². The summed E-state index contributed by atoms with van der Waals surface area (Å²) in [5.41, 5.74) is 0. The van der Waals surface area contributed by atoms with Gasteiger partial charge < -0.3 is 25.4 Å². The van der Waals surface area contributed by atoms with Crippen LogP contribution in [0.4, 0.5) is 0 Å². The molecule has 156 valence electrons. The first-order chi connectivity index (χ1) is 12.8. The fourth-order valence-electron chi connectivity index (χ4n) is 2.02. The molecule has 1 aromatic rings. The van der Waals surface area contributed by atoms with Gasteiger partial charge in [0.1, 0.15) is 0 Å². The van der Waals surface area contributed by atoms with Crippen molar-refractivity contribution in [1.29, 1.82) is 0 Å². The van der Waals surface area contributed by atoms with Gasteiger partial charge in [0, 0.05) is 33.3 Å². The summed E-state index contributed by atoms with van der Waals surface area (Å²) in [6, 6.07) is 3.70. The maximum atomic E-state index is 11.8. The number of halogens is 1. The van der Waals surface area contributed by atoms with E-state index >= 15 is 0 Å². The number of hydrogen-bond acceptors (Lipinski definition) is 5. The Bertz CT molecular complexity index is 501. The van der Waals surface area contributed by atoms with Gasteiger partial charge in [0.15, 0.2) is 5.96 Å². The van der Waals surface area contributed by atoms with Crippen molar-refractivity contribution in [2.24, 2.45) is 4.99 Å². The van der Waals surface area contributed by atoms with E-state index in [1.165, 1.54) is 11.3 Å². The molecular weight excluding hydrogens is 479 g/mol. The van der Waals surface area contributed by atoms with Gasteiger partial charge in [-0.1, -0.05) is 19.4 Å². The molecule has 0 aliphatic rings. The van der Waals surface area contributed by atoms with Gasteiger partial charge in [-0.2, -0.15) is 0 Å². The second kappa shape index (κ2) is 18.5. The molecule has 0 saturated heterocycles. The van der Waals surface area contributed by atoms with Crippen LogP contribution >= 0.6 is 35.3 Å². The zero-order valence-corrected chi connectivity index (χ0v) is 19.4. The highest BCUT2D eigenvalue weighted by molar-refractivity contribution is 14.0. The largest absolute Gasteiger partial charge is 0.379 e. The molecule has 0 fully saturated rings. The van der Waals surface area contributed by atoms with Crippen LogP contribution < -0.4 is 16.0 Å². The van der Waals surface area contributed by atoms with Crippen LogP contribution in [0.1, 0.15) is 35.9 Å². The summed E-state index contributed by atoms with van der Waals surface area (Å²) in [7, 11) is 1.73. The zero-order chi connectivity index (χ0) is 18.9. The number of ether oxygens (including phenoxy) is 2. The van der Waals surface area contributed by atoms with Crippen molar-refractivity contribution in [1.82, 2.24) is 16.0 Å². The number of thiophene rings is 1. The van der Waals surface area contributed by atoms with E-state index in [9.17, 15) is 4.79 Å². The van der Waals surface area contributed by atoms with Crippen molar-refractivity contribution >= 4 is 47.2 Å². The molecule has 7 nitrogen and oxygen atoms in total. The third-order valence-electron chi connectivity index (χ3n) is 3.45. The highest BCUT2D eigenvalue weighted by Gasteiger charge is 2.04. The smallest absolute Gasteiger partial charge is 0.261 e. The van der Waals surface area contributed by atoms with Gasteiger partial charge in [0.05, 0.1) is 24.7 Å². The number of aliphatic imine (C=N–C) groups is 1. The number of guanidine groups is 1. The molecule has 1 rings (SSSR count). The minimum atomic E-state index is -0.0154. The average molecular weight is 512 g/mol. The van der Waals surface area contributed by atoms with Gasteiger partial charge in [-0.15, -0.1) is 35.3 Å². The Hall–Kier alpha value is -0.910. The molecule has 0 bridgehead atoms. The van der Waals surface area contributed by atoms with E-state index in [0.29, 0.717) is 32.9 Å². The maximum Gasteiger partial charge on any atom is 0.261 e. The molecule has 3 N–H and O–H groups in total. The predicted molar refractivity (Wildman–Crippen MR) is 123 cm³/mol. The summed E-state index contributed by atoms with van der Waals surface area (Å²) >= 11 is 1.45. The lowest BCUT2D eigenvalue weighted by Gasteiger charge is -2.12. The van der Waals surface area contributed by atoms with E-state index in [0.717, 1.165) is 43.3 Å². The molecule has 0 atom stereocenters. The molecule has 1 amide bonds. The number of amides is 1. The number of hydrogen-bond donors (Lipinski definition) is 3. The minimum absolute atomic E-state index is 0. The zero-order valence-electron chi connectivity index (χ0n) is 16.3. The molecule has 0 saturated carbocycles. The van der Waals surface area contributed by atoms with Crippen molar-refractivity contribution < 1.29 is 14.3 Å². The molecule has 1 heterocycles. The standard InChI is InChI=1S/C18H32N4O3S.HI/c1-3-4-11-24-13-14-25-12-10-22-18(19-2)21-9-6-8-20-17(23)16-7-5-15-26-16;/h5,7,15H,3-4,6,8-14H2,1-2H3,(H,20,23)(H2,19,21,22);1H. The van der Waals surface area contributed by atoms with Crippen molar-refractivity contribution in [3.05, 3.63) is 22.4 Å². The first-order valence-electron chi connectivity index (χ1n) is 9.19. The third-order valence-corrected chi connectivity index (χ3v) is 4.32. The maximum absolute atomic E-state index is 11.8. The van der Waals surface area contributed by atoms with E-state index in [4.69, 9.17) is 9.47 Å². The van der Waals surface area contributed by atoms with E-state index in [1.54, 1.807) is 7.05 Å². The lowest BCUT2D eigenvalue weighted by atomic mass is 10.4. The molecule has 0 aliphatic heterocycles. The first-order valence-corrected chi connectivity index (χ1v) is 10.1. The fraction of sp³-hybridized carbons (Fsp3) is 0.667. The van der Waals surface area contributed by atoms with Crippen molar-refractivity contribution in [3.63, 3.8) is 0 Å². The normalized spacial score (nSPS) is 11.0. The first kappa shape index (κ1) is 26.1. The van der Waals surface area contributed by atoms with E-state index in [1.807, 2.05) is 17.5 Å². The molecule has 0 spiro atoms. The van der Waals surface area contributed by atoms with Gasteiger partial charge in [-0.05, 0) is 24.3 Å². The van der Waals surface area contributed by atoms with Gasteiger partial charge in [-0.3, -0.25) is 9.79 Å². The summed E-state index contributed by atoms with van der Waals surface area (Å²) < 4.78 is 10.9. The van der Waals surface area contributed by atoms with Crippen LogP contribution in [0.25, 0.3) is 0 Å². The van der Waals surface area contributed by atoms with Crippen LogP contribution in [0.2, 0.25) is 0 Å². The Morgan fingerprint density at radius 2 is 1.74 bits per heavy atom. The Balaban J connectivity index is 0.00000676. The van der Waals surface area contributed by atoms with Crippen LogP contribution in [-0.4, -0.2) is 65.0 Å². The van der Waals surface area contributed by atoms with E-state index < -0.39 is 0 Å². The monoisotopic (exact) mass is 512 g/mol. The van der Waals surface area contributed by atoms with Crippen LogP contribution in [0.15, 0.2) is 22.5 Å². The molecule has 1 aromatic heterocycles. The van der Waals surface area contributed by atoms with Crippen LogP contribution in [0.5, 0.6) is 0 Å². The molecule has 9 heteroatoms. The number of carbonyl (C=O) groups excluding carboxylic acids is 1. The van der Waals surface area contributed by atoms with Crippen molar-refractivity contribution in [2.75, 3.05) is 53.1 Å².